The number of aryl methyl sites for hydroxylation is 4. The van der Waals surface area contributed by atoms with Crippen LogP contribution in [-0.4, -0.2) is 24.6 Å². The number of carbonyl (C=O) groups excluding carboxylic acids is 2. The molecule has 6 nitrogen and oxygen atoms in total. The Labute approximate surface area is 185 Å². The van der Waals surface area contributed by atoms with Crippen molar-refractivity contribution in [1.82, 2.24) is 10.6 Å². The lowest BCUT2D eigenvalue weighted by Gasteiger charge is -2.52. The molecule has 0 aromatic heterocycles. The van der Waals surface area contributed by atoms with Gasteiger partial charge in [0.05, 0.1) is 0 Å². The number of hydrogen-bond donors (Lipinski definition) is 4. The highest BCUT2D eigenvalue weighted by atomic mass is 16.2. The second-order valence-corrected chi connectivity index (χ2v) is 9.38. The summed E-state index contributed by atoms with van der Waals surface area (Å²) in [6, 6.07) is 11.7. The number of anilines is 2. The maximum absolute atomic E-state index is 12.5. The summed E-state index contributed by atoms with van der Waals surface area (Å²) in [7, 11) is 0. The molecule has 0 heterocycles. The minimum absolute atomic E-state index is 0.0616. The Morgan fingerprint density at radius 3 is 1.90 bits per heavy atom. The van der Waals surface area contributed by atoms with Crippen LogP contribution in [0.25, 0.3) is 0 Å². The Hall–Kier alpha value is -3.02. The van der Waals surface area contributed by atoms with E-state index in [9.17, 15) is 9.59 Å². The normalized spacial score (nSPS) is 19.2. The van der Waals surface area contributed by atoms with Gasteiger partial charge in [-0.3, -0.25) is 0 Å². The average molecular weight is 423 g/mol. The average Bonchev–Trinajstić information content (AvgIpc) is 2.69. The van der Waals surface area contributed by atoms with Gasteiger partial charge in [-0.05, 0) is 79.8 Å². The summed E-state index contributed by atoms with van der Waals surface area (Å²) in [5.41, 5.74) is 5.83. The summed E-state index contributed by atoms with van der Waals surface area (Å²) in [6.07, 6.45) is 0.830. The molecule has 31 heavy (non-hydrogen) atoms. The van der Waals surface area contributed by atoms with Crippen molar-refractivity contribution in [2.75, 3.05) is 17.2 Å². The summed E-state index contributed by atoms with van der Waals surface area (Å²) >= 11 is 0. The second kappa shape index (κ2) is 9.00. The highest BCUT2D eigenvalue weighted by molar-refractivity contribution is 5.91. The first kappa shape index (κ1) is 22.7. The van der Waals surface area contributed by atoms with Gasteiger partial charge in [0.2, 0.25) is 0 Å². The summed E-state index contributed by atoms with van der Waals surface area (Å²) in [4.78, 5) is 24.9. The van der Waals surface area contributed by atoms with Crippen molar-refractivity contribution in [1.29, 1.82) is 0 Å². The van der Waals surface area contributed by atoms with E-state index in [0.717, 1.165) is 40.0 Å². The molecule has 1 saturated carbocycles. The summed E-state index contributed by atoms with van der Waals surface area (Å²) in [6.45, 7) is 12.8. The van der Waals surface area contributed by atoms with E-state index in [0.29, 0.717) is 12.5 Å². The maximum Gasteiger partial charge on any atom is 0.319 e. The van der Waals surface area contributed by atoms with Crippen molar-refractivity contribution in [3.8, 4) is 0 Å². The summed E-state index contributed by atoms with van der Waals surface area (Å²) in [5, 5.41) is 12.0. The van der Waals surface area contributed by atoms with E-state index in [-0.39, 0.29) is 23.5 Å². The molecule has 1 aliphatic rings. The van der Waals surface area contributed by atoms with Crippen LogP contribution in [-0.2, 0) is 0 Å². The Morgan fingerprint density at radius 1 is 0.871 bits per heavy atom. The first-order chi connectivity index (χ1) is 14.6. The number of hydrogen-bond acceptors (Lipinski definition) is 2. The molecule has 6 heteroatoms. The highest BCUT2D eigenvalue weighted by Crippen LogP contribution is 2.45. The van der Waals surface area contributed by atoms with Crippen molar-refractivity contribution in [2.24, 2.45) is 11.3 Å². The van der Waals surface area contributed by atoms with E-state index >= 15 is 0 Å². The van der Waals surface area contributed by atoms with E-state index < -0.39 is 0 Å². The Morgan fingerprint density at radius 2 is 1.39 bits per heavy atom. The van der Waals surface area contributed by atoms with Crippen molar-refractivity contribution in [3.05, 3.63) is 58.7 Å². The zero-order chi connectivity index (χ0) is 22.8. The second-order valence-electron chi connectivity index (χ2n) is 9.38. The van der Waals surface area contributed by atoms with Crippen molar-refractivity contribution >= 4 is 23.4 Å². The molecule has 4 amide bonds. The number of rotatable bonds is 5. The quantitative estimate of drug-likeness (QED) is 0.529. The molecule has 0 spiro atoms. The number of urea groups is 2. The van der Waals surface area contributed by atoms with Crippen LogP contribution in [0, 0.1) is 39.0 Å². The molecule has 166 valence electrons. The standard InChI is InChI=1S/C25H34N4O2/c1-15-7-9-17(3)20(11-15)27-23(30)26-14-19-13-22(25(19,5)6)29-24(31)28-21-12-16(2)8-10-18(21)4/h7-12,19,22H,13-14H2,1-6H3,(H2,26,27,30)(H2,28,29,31)/t19-,22+/m0/s1. The Balaban J connectivity index is 1.48. The van der Waals surface area contributed by atoms with Crippen LogP contribution in [0.4, 0.5) is 21.0 Å². The number of benzene rings is 2. The van der Waals surface area contributed by atoms with Gasteiger partial charge in [-0.15, -0.1) is 0 Å². The van der Waals surface area contributed by atoms with Crippen LogP contribution in [0.3, 0.4) is 0 Å². The molecule has 2 atom stereocenters. The number of carbonyl (C=O) groups is 2. The van der Waals surface area contributed by atoms with E-state index in [1.165, 1.54) is 0 Å². The largest absolute Gasteiger partial charge is 0.338 e. The van der Waals surface area contributed by atoms with Gasteiger partial charge >= 0.3 is 12.1 Å². The monoisotopic (exact) mass is 422 g/mol. The van der Waals surface area contributed by atoms with Gasteiger partial charge in [0, 0.05) is 24.0 Å². The van der Waals surface area contributed by atoms with Crippen molar-refractivity contribution in [3.63, 3.8) is 0 Å². The van der Waals surface area contributed by atoms with Gasteiger partial charge in [-0.2, -0.15) is 0 Å². The SMILES string of the molecule is Cc1ccc(C)c(NC(=O)NC[C@@H]2C[C@@H](NC(=O)Nc3cc(C)ccc3C)C2(C)C)c1. The van der Waals surface area contributed by atoms with Gasteiger partial charge < -0.3 is 21.3 Å². The lowest BCUT2D eigenvalue weighted by molar-refractivity contribution is 0.0244. The molecular formula is C25H34N4O2. The topological polar surface area (TPSA) is 82.3 Å². The van der Waals surface area contributed by atoms with Crippen LogP contribution in [0.5, 0.6) is 0 Å². The van der Waals surface area contributed by atoms with Gasteiger partial charge in [-0.1, -0.05) is 38.1 Å². The fourth-order valence-electron chi connectivity index (χ4n) is 4.05. The van der Waals surface area contributed by atoms with E-state index in [1.807, 2.05) is 64.1 Å². The van der Waals surface area contributed by atoms with Crippen LogP contribution in [0.15, 0.2) is 36.4 Å². The molecule has 0 radical (unpaired) electrons. The number of amides is 4. The van der Waals surface area contributed by atoms with Crippen LogP contribution < -0.4 is 21.3 Å². The molecule has 1 aliphatic carbocycles. The smallest absolute Gasteiger partial charge is 0.319 e. The van der Waals surface area contributed by atoms with Crippen LogP contribution in [0.2, 0.25) is 0 Å². The molecule has 0 saturated heterocycles. The third-order valence-corrected chi connectivity index (χ3v) is 6.57. The third-order valence-electron chi connectivity index (χ3n) is 6.57. The molecule has 4 N–H and O–H groups in total. The molecule has 0 aliphatic heterocycles. The first-order valence-electron chi connectivity index (χ1n) is 10.8. The minimum atomic E-state index is -0.200. The molecular weight excluding hydrogens is 388 g/mol. The van der Waals surface area contributed by atoms with Crippen molar-refractivity contribution in [2.45, 2.75) is 54.0 Å². The van der Waals surface area contributed by atoms with Crippen LogP contribution >= 0.6 is 0 Å². The van der Waals surface area contributed by atoms with E-state index in [2.05, 4.69) is 35.1 Å². The van der Waals surface area contributed by atoms with Gasteiger partial charge in [0.25, 0.3) is 0 Å². The molecule has 0 unspecified atom stereocenters. The maximum atomic E-state index is 12.5. The molecule has 1 fully saturated rings. The zero-order valence-electron chi connectivity index (χ0n) is 19.3. The zero-order valence-corrected chi connectivity index (χ0v) is 19.3. The Kier molecular flexibility index (Phi) is 6.58. The molecule has 3 rings (SSSR count). The predicted octanol–water partition coefficient (Wildman–Crippen LogP) is 5.28. The Bertz CT molecular complexity index is 983. The van der Waals surface area contributed by atoms with Crippen molar-refractivity contribution < 1.29 is 9.59 Å². The summed E-state index contributed by atoms with van der Waals surface area (Å²) in [5.74, 6) is 0.294. The minimum Gasteiger partial charge on any atom is -0.338 e. The molecule has 2 aromatic carbocycles. The summed E-state index contributed by atoms with van der Waals surface area (Å²) < 4.78 is 0. The lowest BCUT2D eigenvalue weighted by Crippen LogP contribution is -2.61. The predicted molar refractivity (Wildman–Crippen MR) is 127 cm³/mol. The fraction of sp³-hybridized carbons (Fsp3) is 0.440. The van der Waals surface area contributed by atoms with E-state index in [1.54, 1.807) is 0 Å². The number of nitrogens with one attached hydrogen (secondary N) is 4. The molecule has 0 bridgehead atoms. The lowest BCUT2D eigenvalue weighted by atomic mass is 9.58. The third kappa shape index (κ3) is 5.37. The van der Waals surface area contributed by atoms with Crippen LogP contribution in [0.1, 0.15) is 42.5 Å². The first-order valence-corrected chi connectivity index (χ1v) is 10.8. The van der Waals surface area contributed by atoms with Gasteiger partial charge in [-0.25, -0.2) is 9.59 Å². The van der Waals surface area contributed by atoms with E-state index in [4.69, 9.17) is 0 Å². The van der Waals surface area contributed by atoms with Gasteiger partial charge in [0.15, 0.2) is 0 Å². The van der Waals surface area contributed by atoms with Gasteiger partial charge in [0.1, 0.15) is 0 Å². The fourth-order valence-corrected chi connectivity index (χ4v) is 4.05. The molecule has 2 aromatic rings. The highest BCUT2D eigenvalue weighted by Gasteiger charge is 2.48.